The second-order valence-electron chi connectivity index (χ2n) is 3.20. The van der Waals surface area contributed by atoms with Gasteiger partial charge in [-0.25, -0.2) is 0 Å². The summed E-state index contributed by atoms with van der Waals surface area (Å²) in [6, 6.07) is 5.34. The summed E-state index contributed by atoms with van der Waals surface area (Å²) in [5.74, 6) is 0.712. The molecule has 0 spiro atoms. The van der Waals surface area contributed by atoms with E-state index in [0.29, 0.717) is 18.9 Å². The Hall–Kier alpha value is -1.26. The van der Waals surface area contributed by atoms with Gasteiger partial charge in [0, 0.05) is 19.6 Å². The Balaban J connectivity index is 2.61. The predicted molar refractivity (Wildman–Crippen MR) is 60.0 cm³/mol. The van der Waals surface area contributed by atoms with E-state index < -0.39 is 0 Å². The Morgan fingerprint density at radius 3 is 2.93 bits per heavy atom. The second-order valence-corrected chi connectivity index (χ2v) is 3.20. The second kappa shape index (κ2) is 6.27. The highest BCUT2D eigenvalue weighted by molar-refractivity contribution is 5.41. The molecule has 0 unspecified atom stereocenters. The molecule has 0 radical (unpaired) electrons. The quantitative estimate of drug-likeness (QED) is 0.609. The molecular formula is C11H18N2O2. The highest BCUT2D eigenvalue weighted by Gasteiger charge is 2.02. The summed E-state index contributed by atoms with van der Waals surface area (Å²) in [5, 5.41) is 12.7. The summed E-state index contributed by atoms with van der Waals surface area (Å²) in [6.07, 6.45) is 0. The van der Waals surface area contributed by atoms with Gasteiger partial charge < -0.3 is 20.9 Å². The SMILES string of the molecule is CCOc1cc(CNCCN)ccc1O. The van der Waals surface area contributed by atoms with Gasteiger partial charge >= 0.3 is 0 Å². The van der Waals surface area contributed by atoms with E-state index in [1.165, 1.54) is 0 Å². The standard InChI is InChI=1S/C11H18N2O2/c1-2-15-11-7-9(3-4-10(11)14)8-13-6-5-12/h3-4,7,13-14H,2,5-6,8,12H2,1H3. The van der Waals surface area contributed by atoms with Gasteiger partial charge in [0.25, 0.3) is 0 Å². The molecule has 0 heterocycles. The Kier molecular flexibility index (Phi) is 4.93. The van der Waals surface area contributed by atoms with Gasteiger partial charge in [0.15, 0.2) is 11.5 Å². The number of phenols is 1. The van der Waals surface area contributed by atoms with Gasteiger partial charge in [0.05, 0.1) is 6.61 Å². The number of benzene rings is 1. The minimum atomic E-state index is 0.180. The van der Waals surface area contributed by atoms with Gasteiger partial charge in [-0.3, -0.25) is 0 Å². The zero-order valence-corrected chi connectivity index (χ0v) is 8.99. The first-order valence-corrected chi connectivity index (χ1v) is 5.13. The largest absolute Gasteiger partial charge is 0.504 e. The van der Waals surface area contributed by atoms with Gasteiger partial charge in [-0.2, -0.15) is 0 Å². The van der Waals surface area contributed by atoms with Crippen molar-refractivity contribution in [1.29, 1.82) is 0 Å². The van der Waals surface area contributed by atoms with Crippen molar-refractivity contribution in [3.05, 3.63) is 23.8 Å². The summed E-state index contributed by atoms with van der Waals surface area (Å²) in [5.41, 5.74) is 6.44. The fraction of sp³-hybridized carbons (Fsp3) is 0.455. The third kappa shape index (κ3) is 3.77. The Bertz CT molecular complexity index is 303. The minimum absolute atomic E-state index is 0.180. The highest BCUT2D eigenvalue weighted by Crippen LogP contribution is 2.26. The number of hydrogen-bond acceptors (Lipinski definition) is 4. The van der Waals surface area contributed by atoms with E-state index in [-0.39, 0.29) is 5.75 Å². The van der Waals surface area contributed by atoms with Crippen molar-refractivity contribution < 1.29 is 9.84 Å². The average molecular weight is 210 g/mol. The van der Waals surface area contributed by atoms with Crippen molar-refractivity contribution in [2.75, 3.05) is 19.7 Å². The Morgan fingerprint density at radius 2 is 2.27 bits per heavy atom. The Morgan fingerprint density at radius 1 is 1.47 bits per heavy atom. The van der Waals surface area contributed by atoms with Crippen LogP contribution in [-0.2, 0) is 6.54 Å². The van der Waals surface area contributed by atoms with Gasteiger partial charge in [-0.1, -0.05) is 6.07 Å². The molecule has 0 saturated carbocycles. The van der Waals surface area contributed by atoms with E-state index in [2.05, 4.69) is 5.32 Å². The first kappa shape index (κ1) is 11.8. The first-order valence-electron chi connectivity index (χ1n) is 5.13. The molecule has 0 aliphatic heterocycles. The summed E-state index contributed by atoms with van der Waals surface area (Å²) in [7, 11) is 0. The van der Waals surface area contributed by atoms with Crippen LogP contribution in [0.25, 0.3) is 0 Å². The van der Waals surface area contributed by atoms with Gasteiger partial charge in [-0.05, 0) is 24.6 Å². The fourth-order valence-corrected chi connectivity index (χ4v) is 1.27. The molecule has 1 aromatic rings. The lowest BCUT2D eigenvalue weighted by atomic mass is 10.2. The van der Waals surface area contributed by atoms with Crippen LogP contribution in [0.15, 0.2) is 18.2 Å². The maximum atomic E-state index is 9.47. The maximum Gasteiger partial charge on any atom is 0.161 e. The van der Waals surface area contributed by atoms with Crippen molar-refractivity contribution in [3.8, 4) is 11.5 Å². The molecule has 0 aromatic heterocycles. The topological polar surface area (TPSA) is 67.5 Å². The van der Waals surface area contributed by atoms with Gasteiger partial charge in [-0.15, -0.1) is 0 Å². The molecule has 0 amide bonds. The van der Waals surface area contributed by atoms with Gasteiger partial charge in [0.1, 0.15) is 0 Å². The zero-order chi connectivity index (χ0) is 11.1. The lowest BCUT2D eigenvalue weighted by Gasteiger charge is -2.08. The minimum Gasteiger partial charge on any atom is -0.504 e. The molecule has 0 aliphatic carbocycles. The molecule has 15 heavy (non-hydrogen) atoms. The fourth-order valence-electron chi connectivity index (χ4n) is 1.27. The van der Waals surface area contributed by atoms with E-state index in [0.717, 1.165) is 18.7 Å². The molecule has 0 bridgehead atoms. The van der Waals surface area contributed by atoms with Crippen LogP contribution in [-0.4, -0.2) is 24.8 Å². The summed E-state index contributed by atoms with van der Waals surface area (Å²) in [6.45, 7) is 4.57. The normalized spacial score (nSPS) is 10.3. The van der Waals surface area contributed by atoms with Crippen LogP contribution in [0.2, 0.25) is 0 Å². The molecule has 4 N–H and O–H groups in total. The number of hydrogen-bond donors (Lipinski definition) is 3. The molecule has 0 atom stereocenters. The van der Waals surface area contributed by atoms with E-state index in [1.807, 2.05) is 19.1 Å². The van der Waals surface area contributed by atoms with Crippen molar-refractivity contribution in [2.45, 2.75) is 13.5 Å². The lowest BCUT2D eigenvalue weighted by Crippen LogP contribution is -2.21. The van der Waals surface area contributed by atoms with Crippen molar-refractivity contribution >= 4 is 0 Å². The molecule has 84 valence electrons. The zero-order valence-electron chi connectivity index (χ0n) is 8.99. The number of aromatic hydroxyl groups is 1. The van der Waals surface area contributed by atoms with Crippen LogP contribution in [0.1, 0.15) is 12.5 Å². The molecule has 0 aliphatic rings. The van der Waals surface area contributed by atoms with E-state index >= 15 is 0 Å². The molecule has 1 rings (SSSR count). The number of nitrogens with two attached hydrogens (primary N) is 1. The molecule has 1 aromatic carbocycles. The monoisotopic (exact) mass is 210 g/mol. The number of phenolic OH excluding ortho intramolecular Hbond substituents is 1. The third-order valence-corrected chi connectivity index (χ3v) is 1.97. The van der Waals surface area contributed by atoms with Gasteiger partial charge in [0.2, 0.25) is 0 Å². The third-order valence-electron chi connectivity index (χ3n) is 1.97. The Labute approximate surface area is 90.1 Å². The van der Waals surface area contributed by atoms with E-state index in [4.69, 9.17) is 10.5 Å². The highest BCUT2D eigenvalue weighted by atomic mass is 16.5. The van der Waals surface area contributed by atoms with E-state index in [1.54, 1.807) is 6.07 Å². The van der Waals surface area contributed by atoms with Crippen LogP contribution >= 0.6 is 0 Å². The van der Waals surface area contributed by atoms with Crippen molar-refractivity contribution in [1.82, 2.24) is 5.32 Å². The van der Waals surface area contributed by atoms with Crippen LogP contribution < -0.4 is 15.8 Å². The number of nitrogens with one attached hydrogen (secondary N) is 1. The smallest absolute Gasteiger partial charge is 0.161 e. The molecule has 4 heteroatoms. The van der Waals surface area contributed by atoms with Crippen molar-refractivity contribution in [2.24, 2.45) is 5.73 Å². The number of ether oxygens (including phenoxy) is 1. The molecular weight excluding hydrogens is 192 g/mol. The maximum absolute atomic E-state index is 9.47. The molecule has 4 nitrogen and oxygen atoms in total. The number of rotatable bonds is 6. The molecule has 0 fully saturated rings. The van der Waals surface area contributed by atoms with Crippen LogP contribution in [0.4, 0.5) is 0 Å². The van der Waals surface area contributed by atoms with E-state index in [9.17, 15) is 5.11 Å². The van der Waals surface area contributed by atoms with Crippen molar-refractivity contribution in [3.63, 3.8) is 0 Å². The summed E-state index contributed by atoms with van der Waals surface area (Å²) < 4.78 is 5.28. The summed E-state index contributed by atoms with van der Waals surface area (Å²) >= 11 is 0. The first-order chi connectivity index (χ1) is 7.27. The average Bonchev–Trinajstić information content (AvgIpc) is 2.23. The van der Waals surface area contributed by atoms with Crippen LogP contribution in [0.3, 0.4) is 0 Å². The predicted octanol–water partition coefficient (Wildman–Crippen LogP) is 0.839. The van der Waals surface area contributed by atoms with Crippen LogP contribution in [0, 0.1) is 0 Å². The molecule has 0 saturated heterocycles. The lowest BCUT2D eigenvalue weighted by molar-refractivity contribution is 0.317. The summed E-state index contributed by atoms with van der Waals surface area (Å²) in [4.78, 5) is 0. The van der Waals surface area contributed by atoms with Crippen LogP contribution in [0.5, 0.6) is 11.5 Å².